The van der Waals surface area contributed by atoms with Gasteiger partial charge in [0.05, 0.1) is 30.4 Å². The van der Waals surface area contributed by atoms with Crippen molar-refractivity contribution in [3.8, 4) is 5.75 Å². The van der Waals surface area contributed by atoms with E-state index in [1.54, 1.807) is 18.9 Å². The van der Waals surface area contributed by atoms with Crippen molar-refractivity contribution in [1.82, 2.24) is 30.0 Å². The number of thioether (sulfide) groups is 1. The molecule has 31 heavy (non-hydrogen) atoms. The molecule has 0 unspecified atom stereocenters. The van der Waals surface area contributed by atoms with Crippen molar-refractivity contribution in [1.29, 1.82) is 0 Å². The summed E-state index contributed by atoms with van der Waals surface area (Å²) >= 11 is 1.71. The molecule has 0 radical (unpaired) electrons. The molecule has 162 valence electrons. The van der Waals surface area contributed by atoms with Gasteiger partial charge in [0.15, 0.2) is 5.65 Å². The highest BCUT2D eigenvalue weighted by Crippen LogP contribution is 2.35. The third-order valence-electron chi connectivity index (χ3n) is 5.84. The van der Waals surface area contributed by atoms with E-state index in [-0.39, 0.29) is 5.95 Å². The Balaban J connectivity index is 1.52. The number of nitrogen functional groups attached to an aromatic ring is 1. The summed E-state index contributed by atoms with van der Waals surface area (Å²) in [4.78, 5) is 13.7. The molecule has 0 amide bonds. The summed E-state index contributed by atoms with van der Waals surface area (Å²) in [5.41, 5.74) is 12.0. The quantitative estimate of drug-likeness (QED) is 0.544. The fourth-order valence-electron chi connectivity index (χ4n) is 4.04. The summed E-state index contributed by atoms with van der Waals surface area (Å²) in [6.07, 6.45) is 7.65. The molecule has 0 saturated heterocycles. The van der Waals surface area contributed by atoms with E-state index in [1.807, 2.05) is 24.7 Å². The van der Waals surface area contributed by atoms with Crippen LogP contribution in [-0.4, -0.2) is 50.2 Å². The van der Waals surface area contributed by atoms with E-state index < -0.39 is 0 Å². The fraction of sp³-hybridized carbons (Fsp3) is 0.455. The van der Waals surface area contributed by atoms with Gasteiger partial charge in [0.25, 0.3) is 0 Å². The van der Waals surface area contributed by atoms with Crippen molar-refractivity contribution < 1.29 is 4.74 Å². The Morgan fingerprint density at radius 1 is 1.29 bits per heavy atom. The van der Waals surface area contributed by atoms with Crippen LogP contribution in [0, 0.1) is 13.8 Å². The van der Waals surface area contributed by atoms with Crippen molar-refractivity contribution >= 4 is 34.8 Å². The summed E-state index contributed by atoms with van der Waals surface area (Å²) in [5.74, 6) is 2.02. The molecule has 1 aliphatic carbocycles. The van der Waals surface area contributed by atoms with Crippen molar-refractivity contribution in [3.63, 3.8) is 0 Å². The second-order valence-electron chi connectivity index (χ2n) is 8.24. The zero-order chi connectivity index (χ0) is 21.5. The van der Waals surface area contributed by atoms with Crippen LogP contribution in [0.25, 0.3) is 17.1 Å². The molecular weight excluding hydrogens is 410 g/mol. The van der Waals surface area contributed by atoms with Crippen molar-refractivity contribution in [2.45, 2.75) is 50.7 Å². The number of hydrogen-bond donors (Lipinski definition) is 2. The summed E-state index contributed by atoms with van der Waals surface area (Å²) in [5, 5.41) is 10.4. The Hall–Kier alpha value is -2.65. The lowest BCUT2D eigenvalue weighted by Gasteiger charge is -2.12. The van der Waals surface area contributed by atoms with Gasteiger partial charge in [0, 0.05) is 29.1 Å². The number of pyridine rings is 1. The third kappa shape index (κ3) is 3.99. The molecule has 3 aromatic heterocycles. The minimum absolute atomic E-state index is 0.271. The highest BCUT2D eigenvalue weighted by molar-refractivity contribution is 7.99. The number of rotatable bonds is 7. The van der Waals surface area contributed by atoms with Crippen LogP contribution >= 0.6 is 11.8 Å². The van der Waals surface area contributed by atoms with E-state index in [0.29, 0.717) is 6.54 Å². The molecule has 0 aromatic carbocycles. The van der Waals surface area contributed by atoms with Crippen molar-refractivity contribution in [2.75, 3.05) is 25.1 Å². The fourth-order valence-corrected chi connectivity index (χ4v) is 5.08. The summed E-state index contributed by atoms with van der Waals surface area (Å²) in [7, 11) is 1.69. The first-order valence-corrected chi connectivity index (χ1v) is 11.6. The summed E-state index contributed by atoms with van der Waals surface area (Å²) in [6.45, 7) is 5.51. The maximum Gasteiger partial charge on any atom is 0.223 e. The van der Waals surface area contributed by atoms with E-state index in [9.17, 15) is 0 Å². The van der Waals surface area contributed by atoms with Crippen LogP contribution in [0.3, 0.4) is 0 Å². The van der Waals surface area contributed by atoms with Gasteiger partial charge in [-0.05, 0) is 45.7 Å². The summed E-state index contributed by atoms with van der Waals surface area (Å²) in [6, 6.07) is 0.718. The van der Waals surface area contributed by atoms with Gasteiger partial charge in [-0.3, -0.25) is 4.98 Å². The molecule has 2 aliphatic rings. The van der Waals surface area contributed by atoms with Gasteiger partial charge in [-0.1, -0.05) is 5.57 Å². The first-order chi connectivity index (χ1) is 15.0. The summed E-state index contributed by atoms with van der Waals surface area (Å²) < 4.78 is 7.46. The highest BCUT2D eigenvalue weighted by Gasteiger charge is 2.23. The van der Waals surface area contributed by atoms with Gasteiger partial charge in [-0.2, -0.15) is 10.1 Å². The number of nitrogens with two attached hydrogens (primary N) is 1. The van der Waals surface area contributed by atoms with E-state index in [4.69, 9.17) is 15.6 Å². The lowest BCUT2D eigenvalue weighted by molar-refractivity contribution is 0.406. The molecule has 0 atom stereocenters. The number of hydrogen-bond acceptors (Lipinski definition) is 8. The zero-order valence-electron chi connectivity index (χ0n) is 18.1. The molecule has 0 spiro atoms. The van der Waals surface area contributed by atoms with Crippen LogP contribution < -0.4 is 15.8 Å². The zero-order valence-corrected chi connectivity index (χ0v) is 18.9. The van der Waals surface area contributed by atoms with Crippen molar-refractivity contribution in [3.05, 3.63) is 34.3 Å². The van der Waals surface area contributed by atoms with Crippen LogP contribution in [0.2, 0.25) is 0 Å². The number of nitrogens with zero attached hydrogens (tertiary/aromatic N) is 5. The van der Waals surface area contributed by atoms with Crippen LogP contribution in [-0.2, 0) is 6.54 Å². The Bertz CT molecular complexity index is 1180. The molecule has 3 N–H and O–H groups in total. The normalized spacial score (nSPS) is 15.8. The number of aromatic nitrogens is 5. The lowest BCUT2D eigenvalue weighted by atomic mass is 10.1. The van der Waals surface area contributed by atoms with Gasteiger partial charge in [0.2, 0.25) is 5.95 Å². The van der Waals surface area contributed by atoms with E-state index in [1.165, 1.54) is 18.4 Å². The van der Waals surface area contributed by atoms with Gasteiger partial charge in [-0.25, -0.2) is 9.67 Å². The largest absolute Gasteiger partial charge is 0.496 e. The molecule has 4 heterocycles. The van der Waals surface area contributed by atoms with Gasteiger partial charge < -0.3 is 15.8 Å². The molecule has 5 rings (SSSR count). The molecule has 1 saturated carbocycles. The lowest BCUT2D eigenvalue weighted by Crippen LogP contribution is -2.18. The van der Waals surface area contributed by atoms with Crippen LogP contribution in [0.1, 0.15) is 41.8 Å². The maximum atomic E-state index is 6.06. The van der Waals surface area contributed by atoms with Gasteiger partial charge >= 0.3 is 0 Å². The molecule has 8 nitrogen and oxygen atoms in total. The standard InChI is InChI=1S/C22H27N7OS/c1-12-9-25-17(13(2)19(12)30-3)10-29-20-18-16(28-29)8-14(6-7-24-15-4-5-15)11-31-21(18)27-22(23)26-20/h8-9,15,24H,4-7,10-11H2,1-3H3,(H2,23,26,27). The second kappa shape index (κ2) is 8.12. The highest BCUT2D eigenvalue weighted by atomic mass is 32.2. The first-order valence-electron chi connectivity index (χ1n) is 10.6. The molecule has 1 aliphatic heterocycles. The third-order valence-corrected chi connectivity index (χ3v) is 6.93. The topological polar surface area (TPSA) is 104 Å². The molecular formula is C22H27N7OS. The SMILES string of the molecule is COc1c(C)cnc(Cn2nc3c4c(nc(N)nc42)SCC(CCNC2CC2)=C3)c1C. The molecule has 1 fully saturated rings. The maximum absolute atomic E-state index is 6.06. The average molecular weight is 438 g/mol. The Morgan fingerprint density at radius 2 is 2.13 bits per heavy atom. The van der Waals surface area contributed by atoms with Crippen LogP contribution in [0.5, 0.6) is 5.75 Å². The predicted molar refractivity (Wildman–Crippen MR) is 123 cm³/mol. The molecule has 9 heteroatoms. The number of nitrogens with one attached hydrogen (secondary N) is 1. The number of aryl methyl sites for hydroxylation is 1. The first kappa shape index (κ1) is 20.3. The minimum Gasteiger partial charge on any atom is -0.496 e. The molecule has 3 aromatic rings. The predicted octanol–water partition coefficient (Wildman–Crippen LogP) is 3.11. The van der Waals surface area contributed by atoms with Gasteiger partial charge in [0.1, 0.15) is 10.8 Å². The van der Waals surface area contributed by atoms with Crippen LogP contribution in [0.15, 0.2) is 16.8 Å². The Labute approximate surface area is 185 Å². The van der Waals surface area contributed by atoms with Gasteiger partial charge in [-0.15, -0.1) is 11.8 Å². The average Bonchev–Trinajstić information content (AvgIpc) is 3.52. The number of anilines is 1. The van der Waals surface area contributed by atoms with E-state index in [0.717, 1.165) is 69.1 Å². The van der Waals surface area contributed by atoms with E-state index in [2.05, 4.69) is 26.3 Å². The smallest absolute Gasteiger partial charge is 0.223 e. The second-order valence-corrected chi connectivity index (χ2v) is 9.21. The monoisotopic (exact) mass is 437 g/mol. The Kier molecular flexibility index (Phi) is 5.31. The van der Waals surface area contributed by atoms with Crippen LogP contribution in [0.4, 0.5) is 5.95 Å². The number of methoxy groups -OCH3 is 1. The van der Waals surface area contributed by atoms with E-state index >= 15 is 0 Å². The van der Waals surface area contributed by atoms with Crippen molar-refractivity contribution in [2.24, 2.45) is 0 Å². The number of ether oxygens (including phenoxy) is 1. The Morgan fingerprint density at radius 3 is 2.90 bits per heavy atom. The minimum atomic E-state index is 0.271. The molecule has 0 bridgehead atoms.